The summed E-state index contributed by atoms with van der Waals surface area (Å²) in [5.74, 6) is 0. The number of thiocarbonyl (C=S) groups is 1. The second kappa shape index (κ2) is 7.88. The first kappa shape index (κ1) is 14.7. The topological polar surface area (TPSA) is 27.3 Å². The maximum Gasteiger partial charge on any atom is 0.166 e. The van der Waals surface area contributed by atoms with E-state index in [2.05, 4.69) is 36.3 Å². The van der Waals surface area contributed by atoms with E-state index in [-0.39, 0.29) is 0 Å². The van der Waals surface area contributed by atoms with Crippen LogP contribution in [0.2, 0.25) is 0 Å². The highest BCUT2D eigenvalue weighted by Gasteiger charge is 2.21. The largest absolute Gasteiger partial charge is 0.360 e. The molecule has 1 fully saturated rings. The van der Waals surface area contributed by atoms with E-state index in [1.165, 1.54) is 32.2 Å². The van der Waals surface area contributed by atoms with Crippen LogP contribution in [0.4, 0.5) is 0 Å². The van der Waals surface area contributed by atoms with E-state index in [1.807, 2.05) is 0 Å². The van der Waals surface area contributed by atoms with Crippen LogP contribution in [0.3, 0.4) is 0 Å². The molecule has 100 valence electrons. The van der Waals surface area contributed by atoms with Crippen molar-refractivity contribution in [2.45, 2.75) is 58.5 Å². The van der Waals surface area contributed by atoms with Crippen LogP contribution in [0.5, 0.6) is 0 Å². The van der Waals surface area contributed by atoms with Gasteiger partial charge in [0.1, 0.15) is 0 Å². The standard InChI is InChI=1S/C13H27N3S/c1-4-16(5-2)10-6-7-11(3)14-13(17)15-12-8-9-12/h11-12H,4-10H2,1-3H3,(H2,14,15,17). The van der Waals surface area contributed by atoms with Crippen LogP contribution >= 0.6 is 12.2 Å². The average molecular weight is 257 g/mol. The van der Waals surface area contributed by atoms with Gasteiger partial charge < -0.3 is 15.5 Å². The number of nitrogens with zero attached hydrogens (tertiary/aromatic N) is 1. The molecule has 0 spiro atoms. The first-order chi connectivity index (χ1) is 8.15. The van der Waals surface area contributed by atoms with Crippen molar-refractivity contribution >= 4 is 17.3 Å². The number of hydrogen-bond donors (Lipinski definition) is 2. The van der Waals surface area contributed by atoms with Crippen LogP contribution in [0.1, 0.15) is 46.5 Å². The third-order valence-electron chi connectivity index (χ3n) is 3.30. The van der Waals surface area contributed by atoms with Gasteiger partial charge in [0.15, 0.2) is 5.11 Å². The molecule has 1 aliphatic rings. The smallest absolute Gasteiger partial charge is 0.166 e. The zero-order valence-corrected chi connectivity index (χ0v) is 12.3. The molecule has 1 atom stereocenters. The van der Waals surface area contributed by atoms with Gasteiger partial charge >= 0.3 is 0 Å². The molecule has 1 rings (SSSR count). The molecule has 3 nitrogen and oxygen atoms in total. The lowest BCUT2D eigenvalue weighted by molar-refractivity contribution is 0.292. The molecular formula is C13H27N3S. The van der Waals surface area contributed by atoms with Crippen molar-refractivity contribution in [1.29, 1.82) is 0 Å². The van der Waals surface area contributed by atoms with Crippen molar-refractivity contribution in [3.05, 3.63) is 0 Å². The molecule has 0 saturated heterocycles. The normalized spacial score (nSPS) is 16.9. The number of hydrogen-bond acceptors (Lipinski definition) is 2. The molecule has 0 aliphatic heterocycles. The van der Waals surface area contributed by atoms with Gasteiger partial charge in [-0.1, -0.05) is 13.8 Å². The van der Waals surface area contributed by atoms with Crippen molar-refractivity contribution in [2.24, 2.45) is 0 Å². The van der Waals surface area contributed by atoms with Crippen LogP contribution in [-0.4, -0.2) is 41.7 Å². The quantitative estimate of drug-likeness (QED) is 0.651. The summed E-state index contributed by atoms with van der Waals surface area (Å²) >= 11 is 5.26. The molecule has 0 amide bonds. The SMILES string of the molecule is CCN(CC)CCCC(C)NC(=S)NC1CC1. The minimum absolute atomic E-state index is 0.476. The molecule has 0 aromatic heterocycles. The fraction of sp³-hybridized carbons (Fsp3) is 0.923. The van der Waals surface area contributed by atoms with Crippen LogP contribution in [-0.2, 0) is 0 Å². The van der Waals surface area contributed by atoms with Gasteiger partial charge in [-0.3, -0.25) is 0 Å². The van der Waals surface area contributed by atoms with E-state index in [4.69, 9.17) is 12.2 Å². The summed E-state index contributed by atoms with van der Waals surface area (Å²) in [6, 6.07) is 1.13. The average Bonchev–Trinajstić information content (AvgIpc) is 3.08. The predicted octanol–water partition coefficient (Wildman–Crippen LogP) is 2.12. The molecule has 1 aliphatic carbocycles. The van der Waals surface area contributed by atoms with Gasteiger partial charge in [0.05, 0.1) is 0 Å². The summed E-state index contributed by atoms with van der Waals surface area (Å²) in [6.07, 6.45) is 4.97. The molecule has 0 aromatic rings. The second-order valence-corrected chi connectivity index (χ2v) is 5.37. The minimum Gasteiger partial charge on any atom is -0.360 e. The first-order valence-corrected chi connectivity index (χ1v) is 7.35. The predicted molar refractivity (Wildman–Crippen MR) is 78.4 cm³/mol. The van der Waals surface area contributed by atoms with Gasteiger partial charge in [-0.25, -0.2) is 0 Å². The highest BCUT2D eigenvalue weighted by Crippen LogP contribution is 2.18. The van der Waals surface area contributed by atoms with Crippen molar-refractivity contribution in [2.75, 3.05) is 19.6 Å². The molecule has 17 heavy (non-hydrogen) atoms. The lowest BCUT2D eigenvalue weighted by atomic mass is 10.2. The van der Waals surface area contributed by atoms with E-state index in [0.29, 0.717) is 12.1 Å². The molecule has 1 saturated carbocycles. The highest BCUT2D eigenvalue weighted by molar-refractivity contribution is 7.80. The van der Waals surface area contributed by atoms with E-state index in [9.17, 15) is 0 Å². The summed E-state index contributed by atoms with van der Waals surface area (Å²) < 4.78 is 0. The van der Waals surface area contributed by atoms with E-state index >= 15 is 0 Å². The molecule has 0 heterocycles. The van der Waals surface area contributed by atoms with Gasteiger partial charge in [-0.2, -0.15) is 0 Å². The Kier molecular flexibility index (Phi) is 6.82. The number of rotatable bonds is 8. The Bertz CT molecular complexity index is 225. The van der Waals surface area contributed by atoms with Crippen molar-refractivity contribution < 1.29 is 0 Å². The van der Waals surface area contributed by atoms with Crippen molar-refractivity contribution in [1.82, 2.24) is 15.5 Å². The zero-order valence-electron chi connectivity index (χ0n) is 11.5. The Hall–Kier alpha value is -0.350. The lowest BCUT2D eigenvalue weighted by Gasteiger charge is -2.20. The molecule has 4 heteroatoms. The third-order valence-corrected chi connectivity index (χ3v) is 3.53. The molecule has 2 N–H and O–H groups in total. The van der Waals surface area contributed by atoms with Crippen molar-refractivity contribution in [3.8, 4) is 0 Å². The van der Waals surface area contributed by atoms with Gasteiger partial charge in [-0.15, -0.1) is 0 Å². The van der Waals surface area contributed by atoms with Crippen LogP contribution in [0.25, 0.3) is 0 Å². The van der Waals surface area contributed by atoms with E-state index in [0.717, 1.165) is 18.2 Å². The molecule has 0 aromatic carbocycles. The minimum atomic E-state index is 0.476. The van der Waals surface area contributed by atoms with Crippen molar-refractivity contribution in [3.63, 3.8) is 0 Å². The van der Waals surface area contributed by atoms with E-state index in [1.54, 1.807) is 0 Å². The fourth-order valence-electron chi connectivity index (χ4n) is 1.91. The van der Waals surface area contributed by atoms with Gasteiger partial charge in [0, 0.05) is 12.1 Å². The van der Waals surface area contributed by atoms with Gasteiger partial charge in [0.2, 0.25) is 0 Å². The molecule has 0 radical (unpaired) electrons. The van der Waals surface area contributed by atoms with Crippen LogP contribution in [0, 0.1) is 0 Å². The monoisotopic (exact) mass is 257 g/mol. The zero-order chi connectivity index (χ0) is 12.7. The van der Waals surface area contributed by atoms with Crippen LogP contribution < -0.4 is 10.6 Å². The molecule has 1 unspecified atom stereocenters. The van der Waals surface area contributed by atoms with E-state index < -0.39 is 0 Å². The lowest BCUT2D eigenvalue weighted by Crippen LogP contribution is -2.41. The summed E-state index contributed by atoms with van der Waals surface area (Å²) in [5, 5.41) is 7.51. The van der Waals surface area contributed by atoms with Gasteiger partial charge in [0.25, 0.3) is 0 Å². The fourth-order valence-corrected chi connectivity index (χ4v) is 2.28. The van der Waals surface area contributed by atoms with Gasteiger partial charge in [-0.05, 0) is 64.5 Å². The summed E-state index contributed by atoms with van der Waals surface area (Å²) in [7, 11) is 0. The third kappa shape index (κ3) is 6.84. The number of nitrogens with one attached hydrogen (secondary N) is 2. The Balaban J connectivity index is 2.03. The highest BCUT2D eigenvalue weighted by atomic mass is 32.1. The summed E-state index contributed by atoms with van der Waals surface area (Å²) in [6.45, 7) is 10.2. The summed E-state index contributed by atoms with van der Waals surface area (Å²) in [4.78, 5) is 2.47. The first-order valence-electron chi connectivity index (χ1n) is 6.95. The summed E-state index contributed by atoms with van der Waals surface area (Å²) in [5.41, 5.74) is 0. The Morgan fingerprint density at radius 1 is 1.35 bits per heavy atom. The maximum absolute atomic E-state index is 5.26. The molecule has 0 bridgehead atoms. The second-order valence-electron chi connectivity index (χ2n) is 4.96. The Labute approximate surface area is 111 Å². The molecular weight excluding hydrogens is 230 g/mol. The van der Waals surface area contributed by atoms with Crippen LogP contribution in [0.15, 0.2) is 0 Å². The Morgan fingerprint density at radius 2 is 2.00 bits per heavy atom. The maximum atomic E-state index is 5.26. The Morgan fingerprint density at radius 3 is 2.53 bits per heavy atom.